The third-order valence-electron chi connectivity index (χ3n) is 7.82. The molecule has 3 N–H and O–H groups in total. The van der Waals surface area contributed by atoms with Crippen molar-refractivity contribution >= 4 is 11.6 Å². The van der Waals surface area contributed by atoms with E-state index in [0.717, 1.165) is 5.57 Å². The van der Waals surface area contributed by atoms with Crippen molar-refractivity contribution in [2.45, 2.75) is 44.8 Å². The first-order valence-electron chi connectivity index (χ1n) is 9.35. The van der Waals surface area contributed by atoms with Gasteiger partial charge >= 0.3 is 0 Å². The predicted molar refractivity (Wildman–Crippen MR) is 95.0 cm³/mol. The topological polar surface area (TPSA) is 94.8 Å². The summed E-state index contributed by atoms with van der Waals surface area (Å²) in [5, 5.41) is 31.6. The molecule has 0 saturated heterocycles. The van der Waals surface area contributed by atoms with Crippen LogP contribution in [0.3, 0.4) is 0 Å². The number of hydrogen-bond donors (Lipinski definition) is 3. The molecule has 0 radical (unpaired) electrons. The summed E-state index contributed by atoms with van der Waals surface area (Å²) in [5.74, 6) is -0.656. The molecule has 0 aromatic rings. The Labute approximate surface area is 153 Å². The molecule has 26 heavy (non-hydrogen) atoms. The first kappa shape index (κ1) is 17.8. The van der Waals surface area contributed by atoms with Gasteiger partial charge in [-0.1, -0.05) is 32.1 Å². The molecular formula is C21H26O5. The van der Waals surface area contributed by atoms with Crippen molar-refractivity contribution in [1.82, 2.24) is 0 Å². The molecule has 2 saturated carbocycles. The number of carbonyl (C=O) groups is 2. The molecule has 4 aliphatic carbocycles. The summed E-state index contributed by atoms with van der Waals surface area (Å²) in [6, 6.07) is 0. The summed E-state index contributed by atoms with van der Waals surface area (Å²) >= 11 is 0. The van der Waals surface area contributed by atoms with Gasteiger partial charge in [0.05, 0.1) is 6.10 Å². The quantitative estimate of drug-likeness (QED) is 0.692. The maximum Gasteiger partial charge on any atom is 0.190 e. The summed E-state index contributed by atoms with van der Waals surface area (Å²) in [6.07, 6.45) is 9.69. The number of hydrogen-bond acceptors (Lipinski definition) is 5. The highest BCUT2D eigenvalue weighted by Crippen LogP contribution is 2.65. The zero-order chi connectivity index (χ0) is 18.9. The molecule has 0 aliphatic heterocycles. The molecule has 4 aliphatic rings. The minimum atomic E-state index is -1.60. The predicted octanol–water partition coefficient (Wildman–Crippen LogP) is 1.33. The molecule has 0 spiro atoms. The van der Waals surface area contributed by atoms with Crippen LogP contribution in [0.4, 0.5) is 0 Å². The van der Waals surface area contributed by atoms with Crippen LogP contribution in [0.25, 0.3) is 0 Å². The van der Waals surface area contributed by atoms with Gasteiger partial charge in [-0.3, -0.25) is 9.59 Å². The fraction of sp³-hybridized carbons (Fsp3) is 0.619. The average Bonchev–Trinajstić information content (AvgIpc) is 2.86. The van der Waals surface area contributed by atoms with Gasteiger partial charge in [0, 0.05) is 16.7 Å². The van der Waals surface area contributed by atoms with Crippen LogP contribution in [0, 0.1) is 28.6 Å². The average molecular weight is 358 g/mol. The van der Waals surface area contributed by atoms with E-state index in [4.69, 9.17) is 0 Å². The van der Waals surface area contributed by atoms with Gasteiger partial charge in [-0.25, -0.2) is 0 Å². The lowest BCUT2D eigenvalue weighted by Gasteiger charge is -2.57. The van der Waals surface area contributed by atoms with Gasteiger partial charge in [-0.2, -0.15) is 0 Å². The van der Waals surface area contributed by atoms with Crippen LogP contribution in [0.15, 0.2) is 36.0 Å². The van der Waals surface area contributed by atoms with E-state index in [1.165, 1.54) is 0 Å². The summed E-state index contributed by atoms with van der Waals surface area (Å²) in [6.45, 7) is 3.24. The Hall–Kier alpha value is -1.56. The van der Waals surface area contributed by atoms with E-state index < -0.39 is 34.9 Å². The minimum absolute atomic E-state index is 0.00395. The molecule has 0 bridgehead atoms. The Balaban J connectivity index is 1.80. The maximum atomic E-state index is 12.3. The fourth-order valence-electron chi connectivity index (χ4n) is 6.38. The summed E-state index contributed by atoms with van der Waals surface area (Å²) in [5.41, 5.74) is -1.89. The normalized spacial score (nSPS) is 49.3. The van der Waals surface area contributed by atoms with E-state index in [2.05, 4.69) is 6.92 Å². The Morgan fingerprint density at radius 2 is 2.04 bits per heavy atom. The van der Waals surface area contributed by atoms with Crippen molar-refractivity contribution in [1.29, 1.82) is 0 Å². The highest BCUT2D eigenvalue weighted by molar-refractivity contribution is 6.01. The van der Waals surface area contributed by atoms with E-state index in [0.29, 0.717) is 19.3 Å². The fourth-order valence-corrected chi connectivity index (χ4v) is 6.38. The van der Waals surface area contributed by atoms with E-state index in [-0.39, 0.29) is 23.5 Å². The second-order valence-corrected chi connectivity index (χ2v) is 8.86. The third kappa shape index (κ3) is 2.02. The summed E-state index contributed by atoms with van der Waals surface area (Å²) in [7, 11) is 0. The smallest absolute Gasteiger partial charge is 0.190 e. The van der Waals surface area contributed by atoms with Crippen LogP contribution in [-0.2, 0) is 9.59 Å². The second-order valence-electron chi connectivity index (χ2n) is 8.86. The van der Waals surface area contributed by atoms with E-state index in [1.807, 2.05) is 25.2 Å². The third-order valence-corrected chi connectivity index (χ3v) is 7.82. The lowest BCUT2D eigenvalue weighted by atomic mass is 9.48. The molecular weight excluding hydrogens is 332 g/mol. The molecule has 0 unspecified atom stereocenters. The highest BCUT2D eigenvalue weighted by Gasteiger charge is 2.67. The van der Waals surface area contributed by atoms with Gasteiger partial charge in [0.2, 0.25) is 0 Å². The zero-order valence-corrected chi connectivity index (χ0v) is 15.2. The zero-order valence-electron chi connectivity index (χ0n) is 15.2. The lowest BCUT2D eigenvalue weighted by molar-refractivity contribution is -0.172. The SMILES string of the molecule is C[C@@]12C=CC(=O)C=C1C=C[C@H]1[C@H]2[C@H](O)C[C@]2(C)[C@@H]1CC[C@@]2(O)C(=O)CO. The summed E-state index contributed by atoms with van der Waals surface area (Å²) in [4.78, 5) is 24.1. The molecule has 2 fully saturated rings. The van der Waals surface area contributed by atoms with Gasteiger partial charge in [-0.05, 0) is 48.8 Å². The Kier molecular flexibility index (Phi) is 3.75. The molecule has 0 heterocycles. The molecule has 4 rings (SSSR count). The van der Waals surface area contributed by atoms with Crippen molar-refractivity contribution in [3.63, 3.8) is 0 Å². The van der Waals surface area contributed by atoms with Gasteiger partial charge in [0.25, 0.3) is 0 Å². The molecule has 5 nitrogen and oxygen atoms in total. The maximum absolute atomic E-state index is 12.3. The van der Waals surface area contributed by atoms with Crippen molar-refractivity contribution in [3.05, 3.63) is 36.0 Å². The summed E-state index contributed by atoms with van der Waals surface area (Å²) < 4.78 is 0. The second kappa shape index (κ2) is 5.47. The number of rotatable bonds is 2. The van der Waals surface area contributed by atoms with Crippen molar-refractivity contribution in [2.75, 3.05) is 6.61 Å². The first-order chi connectivity index (χ1) is 12.2. The van der Waals surface area contributed by atoms with E-state index in [1.54, 1.807) is 12.2 Å². The first-order valence-corrected chi connectivity index (χ1v) is 9.35. The lowest BCUT2D eigenvalue weighted by Crippen LogP contribution is -2.61. The van der Waals surface area contributed by atoms with Crippen LogP contribution in [0.2, 0.25) is 0 Å². The molecule has 0 aromatic carbocycles. The van der Waals surface area contributed by atoms with Crippen molar-refractivity contribution in [3.8, 4) is 0 Å². The number of fused-ring (bicyclic) bond motifs is 5. The molecule has 0 aromatic heterocycles. The molecule has 7 atom stereocenters. The Morgan fingerprint density at radius 3 is 2.73 bits per heavy atom. The number of carbonyl (C=O) groups excluding carboxylic acids is 2. The van der Waals surface area contributed by atoms with Crippen LogP contribution in [-0.4, -0.2) is 45.2 Å². The number of aliphatic hydroxyl groups excluding tert-OH is 2. The molecule has 140 valence electrons. The van der Waals surface area contributed by atoms with Gasteiger partial charge in [0.15, 0.2) is 11.6 Å². The van der Waals surface area contributed by atoms with Gasteiger partial charge in [-0.15, -0.1) is 0 Å². The number of aliphatic hydroxyl groups is 3. The Morgan fingerprint density at radius 1 is 1.31 bits per heavy atom. The van der Waals surface area contributed by atoms with Crippen LogP contribution >= 0.6 is 0 Å². The Bertz CT molecular complexity index is 764. The standard InChI is InChI=1S/C21H26O5/c1-19-7-5-13(23)9-12(19)3-4-14-15-6-8-21(26,17(25)11-22)20(15,2)10-16(24)18(14)19/h3-5,7,9,14-16,18,22,24,26H,6,8,10-11H2,1-2H3/t14-,15-,16-,18+,19-,20-,21-/m1/s1. The van der Waals surface area contributed by atoms with E-state index >= 15 is 0 Å². The molecule has 5 heteroatoms. The largest absolute Gasteiger partial charge is 0.393 e. The number of ketones is 2. The van der Waals surface area contributed by atoms with E-state index in [9.17, 15) is 24.9 Å². The van der Waals surface area contributed by atoms with Crippen molar-refractivity contribution in [2.24, 2.45) is 28.6 Å². The number of Topliss-reactive ketones (excluding diaryl/α,β-unsaturated/α-hetero) is 1. The van der Waals surface area contributed by atoms with Gasteiger partial charge < -0.3 is 15.3 Å². The monoisotopic (exact) mass is 358 g/mol. The highest BCUT2D eigenvalue weighted by atomic mass is 16.3. The van der Waals surface area contributed by atoms with Crippen LogP contribution in [0.5, 0.6) is 0 Å². The van der Waals surface area contributed by atoms with Crippen LogP contribution in [0.1, 0.15) is 33.1 Å². The minimum Gasteiger partial charge on any atom is -0.393 e. The number of allylic oxidation sites excluding steroid dienone is 6. The molecule has 0 amide bonds. The van der Waals surface area contributed by atoms with Gasteiger partial charge in [0.1, 0.15) is 12.2 Å². The van der Waals surface area contributed by atoms with Crippen LogP contribution < -0.4 is 0 Å². The van der Waals surface area contributed by atoms with Crippen molar-refractivity contribution < 1.29 is 24.9 Å².